The van der Waals surface area contributed by atoms with Gasteiger partial charge in [-0.1, -0.05) is 12.1 Å². The molecule has 0 aliphatic carbocycles. The summed E-state index contributed by atoms with van der Waals surface area (Å²) >= 11 is 9.24. The Bertz CT molecular complexity index is 580. The van der Waals surface area contributed by atoms with Crippen molar-refractivity contribution in [1.29, 1.82) is 0 Å². The van der Waals surface area contributed by atoms with Gasteiger partial charge in [-0.2, -0.15) is 4.98 Å². The van der Waals surface area contributed by atoms with Gasteiger partial charge >= 0.3 is 0 Å². The van der Waals surface area contributed by atoms with Gasteiger partial charge in [0.15, 0.2) is 0 Å². The van der Waals surface area contributed by atoms with Crippen LogP contribution in [0.3, 0.4) is 0 Å². The van der Waals surface area contributed by atoms with Crippen molar-refractivity contribution in [3.05, 3.63) is 45.8 Å². The molecule has 0 radical (unpaired) electrons. The highest BCUT2D eigenvalue weighted by Crippen LogP contribution is 2.25. The van der Waals surface area contributed by atoms with Gasteiger partial charge in [-0.05, 0) is 45.2 Å². The molecule has 2 aromatic rings. The molecule has 0 unspecified atom stereocenters. The predicted molar refractivity (Wildman–Crippen MR) is 79.8 cm³/mol. The van der Waals surface area contributed by atoms with E-state index >= 15 is 0 Å². The third kappa shape index (κ3) is 3.58. The molecule has 0 aliphatic rings. The number of hydrogen-bond acceptors (Lipinski definition) is 4. The molecular weight excluding hydrogens is 330 g/mol. The molecule has 0 bridgehead atoms. The molecule has 1 aromatic carbocycles. The zero-order chi connectivity index (χ0) is 13.8. The van der Waals surface area contributed by atoms with Crippen LogP contribution in [0.15, 0.2) is 34.9 Å². The largest absolute Gasteiger partial charge is 0.497 e. The van der Waals surface area contributed by atoms with Gasteiger partial charge in [0.25, 0.3) is 0 Å². The molecule has 0 N–H and O–H groups in total. The molecule has 0 atom stereocenters. The van der Waals surface area contributed by atoms with Crippen LogP contribution >= 0.6 is 27.5 Å². The molecular formula is C13H13BrClN3O. The Morgan fingerprint density at radius 1 is 1.42 bits per heavy atom. The fourth-order valence-corrected chi connectivity index (χ4v) is 2.35. The first kappa shape index (κ1) is 14.1. The van der Waals surface area contributed by atoms with Crippen LogP contribution in [0.2, 0.25) is 5.28 Å². The van der Waals surface area contributed by atoms with Crippen LogP contribution in [0.25, 0.3) is 0 Å². The summed E-state index contributed by atoms with van der Waals surface area (Å²) in [6.07, 6.45) is 1.65. The molecule has 0 saturated heterocycles. The van der Waals surface area contributed by atoms with Crippen LogP contribution in [-0.2, 0) is 6.54 Å². The number of benzene rings is 1. The van der Waals surface area contributed by atoms with E-state index in [1.807, 2.05) is 36.2 Å². The van der Waals surface area contributed by atoms with Crippen molar-refractivity contribution in [2.45, 2.75) is 6.54 Å². The van der Waals surface area contributed by atoms with E-state index in [0.29, 0.717) is 6.54 Å². The van der Waals surface area contributed by atoms with Gasteiger partial charge in [0.05, 0.1) is 11.6 Å². The van der Waals surface area contributed by atoms with Crippen molar-refractivity contribution in [2.24, 2.45) is 0 Å². The van der Waals surface area contributed by atoms with Gasteiger partial charge in [-0.15, -0.1) is 0 Å². The number of anilines is 1. The maximum atomic E-state index is 5.82. The first-order chi connectivity index (χ1) is 9.10. The lowest BCUT2D eigenvalue weighted by Crippen LogP contribution is -2.18. The van der Waals surface area contributed by atoms with Gasteiger partial charge in [0, 0.05) is 19.8 Å². The minimum atomic E-state index is 0.232. The van der Waals surface area contributed by atoms with Gasteiger partial charge in [0.2, 0.25) is 5.28 Å². The Hall–Kier alpha value is -1.33. The Morgan fingerprint density at radius 3 is 2.95 bits per heavy atom. The zero-order valence-corrected chi connectivity index (χ0v) is 12.9. The summed E-state index contributed by atoms with van der Waals surface area (Å²) in [5, 5.41) is 0.232. The zero-order valence-electron chi connectivity index (χ0n) is 10.6. The average Bonchev–Trinajstić information content (AvgIpc) is 2.41. The van der Waals surface area contributed by atoms with Crippen molar-refractivity contribution in [2.75, 3.05) is 19.1 Å². The van der Waals surface area contributed by atoms with E-state index < -0.39 is 0 Å². The quantitative estimate of drug-likeness (QED) is 0.797. The maximum Gasteiger partial charge on any atom is 0.224 e. The Labute approximate surface area is 125 Å². The molecule has 100 valence electrons. The summed E-state index contributed by atoms with van der Waals surface area (Å²) in [4.78, 5) is 10.1. The molecule has 2 rings (SSSR count). The smallest absolute Gasteiger partial charge is 0.224 e. The molecule has 0 spiro atoms. The third-order valence-electron chi connectivity index (χ3n) is 2.61. The number of nitrogens with zero attached hydrogens (tertiary/aromatic N) is 3. The predicted octanol–water partition coefficient (Wildman–Crippen LogP) is 3.54. The van der Waals surface area contributed by atoms with E-state index in [9.17, 15) is 0 Å². The third-order valence-corrected chi connectivity index (χ3v) is 3.35. The lowest BCUT2D eigenvalue weighted by Gasteiger charge is -2.19. The van der Waals surface area contributed by atoms with Crippen molar-refractivity contribution >= 4 is 33.3 Å². The number of ether oxygens (including phenoxy) is 1. The summed E-state index contributed by atoms with van der Waals surface area (Å²) in [6, 6.07) is 7.91. The lowest BCUT2D eigenvalue weighted by molar-refractivity contribution is 0.414. The number of halogens is 2. The van der Waals surface area contributed by atoms with Crippen LogP contribution < -0.4 is 9.64 Å². The lowest BCUT2D eigenvalue weighted by atomic mass is 10.2. The fraction of sp³-hybridized carbons (Fsp3) is 0.231. The molecule has 4 nitrogen and oxygen atoms in total. The monoisotopic (exact) mass is 341 g/mol. The van der Waals surface area contributed by atoms with E-state index in [0.717, 1.165) is 21.6 Å². The minimum Gasteiger partial charge on any atom is -0.497 e. The fourth-order valence-electron chi connectivity index (χ4n) is 1.72. The molecule has 0 saturated carbocycles. The first-order valence-electron chi connectivity index (χ1n) is 5.62. The molecule has 0 amide bonds. The first-order valence-corrected chi connectivity index (χ1v) is 6.79. The Balaban J connectivity index is 2.20. The number of methoxy groups -OCH3 is 1. The van der Waals surface area contributed by atoms with Crippen LogP contribution in [0.4, 0.5) is 5.82 Å². The van der Waals surface area contributed by atoms with Crippen molar-refractivity contribution in [3.63, 3.8) is 0 Å². The number of rotatable bonds is 4. The molecule has 19 heavy (non-hydrogen) atoms. The molecule has 1 heterocycles. The SMILES string of the molecule is COc1cccc(CN(C)c2nc(Cl)ncc2Br)c1. The Morgan fingerprint density at radius 2 is 2.21 bits per heavy atom. The van der Waals surface area contributed by atoms with E-state index in [2.05, 4.69) is 25.9 Å². The van der Waals surface area contributed by atoms with Crippen molar-refractivity contribution in [3.8, 4) is 5.75 Å². The second-order valence-corrected chi connectivity index (χ2v) is 5.21. The summed E-state index contributed by atoms with van der Waals surface area (Å²) in [6.45, 7) is 0.698. The van der Waals surface area contributed by atoms with E-state index in [1.54, 1.807) is 13.3 Å². The average molecular weight is 343 g/mol. The van der Waals surface area contributed by atoms with Crippen molar-refractivity contribution in [1.82, 2.24) is 9.97 Å². The second kappa shape index (κ2) is 6.21. The highest BCUT2D eigenvalue weighted by Gasteiger charge is 2.10. The maximum absolute atomic E-state index is 5.82. The topological polar surface area (TPSA) is 38.2 Å². The molecule has 0 fully saturated rings. The minimum absolute atomic E-state index is 0.232. The van der Waals surface area contributed by atoms with E-state index in [4.69, 9.17) is 16.3 Å². The molecule has 0 aliphatic heterocycles. The summed E-state index contributed by atoms with van der Waals surface area (Å²) in [7, 11) is 3.60. The van der Waals surface area contributed by atoms with Gasteiger partial charge in [-0.3, -0.25) is 0 Å². The Kier molecular flexibility index (Phi) is 4.61. The van der Waals surface area contributed by atoms with Gasteiger partial charge in [-0.25, -0.2) is 4.98 Å². The van der Waals surface area contributed by atoms with Gasteiger partial charge < -0.3 is 9.64 Å². The molecule has 1 aromatic heterocycles. The summed E-state index contributed by atoms with van der Waals surface area (Å²) < 4.78 is 6.02. The second-order valence-electron chi connectivity index (χ2n) is 4.02. The van der Waals surface area contributed by atoms with Crippen molar-refractivity contribution < 1.29 is 4.74 Å². The van der Waals surface area contributed by atoms with E-state index in [-0.39, 0.29) is 5.28 Å². The van der Waals surface area contributed by atoms with Crippen LogP contribution in [0.1, 0.15) is 5.56 Å². The normalized spacial score (nSPS) is 10.3. The summed E-state index contributed by atoms with van der Waals surface area (Å²) in [5.41, 5.74) is 1.13. The van der Waals surface area contributed by atoms with Gasteiger partial charge in [0.1, 0.15) is 11.6 Å². The highest BCUT2D eigenvalue weighted by atomic mass is 79.9. The standard InChI is InChI=1S/C13H13BrClN3O/c1-18(12-11(14)7-16-13(15)17-12)8-9-4-3-5-10(6-9)19-2/h3-7H,8H2,1-2H3. The number of aromatic nitrogens is 2. The summed E-state index contributed by atoms with van der Waals surface area (Å²) in [5.74, 6) is 1.59. The molecule has 6 heteroatoms. The number of hydrogen-bond donors (Lipinski definition) is 0. The highest BCUT2D eigenvalue weighted by molar-refractivity contribution is 9.10. The van der Waals surface area contributed by atoms with Crippen LogP contribution in [-0.4, -0.2) is 24.1 Å². The van der Waals surface area contributed by atoms with Crippen LogP contribution in [0, 0.1) is 0 Å². The van der Waals surface area contributed by atoms with E-state index in [1.165, 1.54) is 0 Å². The van der Waals surface area contributed by atoms with Crippen LogP contribution in [0.5, 0.6) is 5.75 Å².